The van der Waals surface area contributed by atoms with E-state index in [4.69, 9.17) is 0 Å². The lowest BCUT2D eigenvalue weighted by molar-refractivity contribution is -0.121. The number of ether oxygens (including phenoxy) is 1. The lowest BCUT2D eigenvalue weighted by Gasteiger charge is -2.11. The monoisotopic (exact) mass is 345 g/mol. The second kappa shape index (κ2) is 7.29. The first-order valence-electron chi connectivity index (χ1n) is 7.79. The third-order valence-corrected chi connectivity index (χ3v) is 3.71. The Bertz CT molecular complexity index is 829. The Morgan fingerprint density at radius 1 is 1.20 bits per heavy atom. The van der Waals surface area contributed by atoms with Crippen LogP contribution in [-0.4, -0.2) is 22.5 Å². The maximum Gasteiger partial charge on any atom is 0.387 e. The van der Waals surface area contributed by atoms with Gasteiger partial charge in [0.1, 0.15) is 11.6 Å². The van der Waals surface area contributed by atoms with E-state index in [1.165, 1.54) is 12.1 Å². The fraction of sp³-hybridized carbons (Fsp3) is 0.222. The van der Waals surface area contributed by atoms with Crippen molar-refractivity contribution in [2.45, 2.75) is 26.0 Å². The molecular formula is C18H17F2N3O2. The summed E-state index contributed by atoms with van der Waals surface area (Å²) < 4.78 is 28.5. The topological polar surface area (TPSA) is 67.0 Å². The number of amides is 1. The number of hydrogen-bond donors (Lipinski definition) is 2. The van der Waals surface area contributed by atoms with Gasteiger partial charge in [-0.15, -0.1) is 0 Å². The van der Waals surface area contributed by atoms with Crippen LogP contribution in [0.25, 0.3) is 11.0 Å². The van der Waals surface area contributed by atoms with E-state index in [0.29, 0.717) is 11.4 Å². The Hall–Kier alpha value is -2.96. The molecule has 2 aromatic carbocycles. The van der Waals surface area contributed by atoms with E-state index in [-0.39, 0.29) is 24.1 Å². The number of benzene rings is 2. The summed E-state index contributed by atoms with van der Waals surface area (Å²) in [6.07, 6.45) is 0.138. The molecule has 0 aliphatic rings. The first-order valence-corrected chi connectivity index (χ1v) is 7.79. The van der Waals surface area contributed by atoms with Gasteiger partial charge in [0.2, 0.25) is 5.91 Å². The molecule has 7 heteroatoms. The number of nitrogens with one attached hydrogen (secondary N) is 2. The van der Waals surface area contributed by atoms with Crippen molar-refractivity contribution >= 4 is 16.9 Å². The average molecular weight is 345 g/mol. The SMILES string of the molecule is CC(NC(=O)Cc1ccc(OC(F)F)cc1)c1nc2ccccc2[nH]1. The summed E-state index contributed by atoms with van der Waals surface area (Å²) in [7, 11) is 0. The number of hydrogen-bond acceptors (Lipinski definition) is 3. The number of halogens is 2. The van der Waals surface area contributed by atoms with Gasteiger partial charge >= 0.3 is 6.61 Å². The number of aromatic nitrogens is 2. The van der Waals surface area contributed by atoms with Gasteiger partial charge < -0.3 is 15.0 Å². The number of nitrogens with zero attached hydrogens (tertiary/aromatic N) is 1. The van der Waals surface area contributed by atoms with Gasteiger partial charge in [0.15, 0.2) is 0 Å². The Labute approximate surface area is 143 Å². The Balaban J connectivity index is 1.59. The highest BCUT2D eigenvalue weighted by atomic mass is 19.3. The van der Waals surface area contributed by atoms with Crippen LogP contribution in [-0.2, 0) is 11.2 Å². The van der Waals surface area contributed by atoms with Crippen molar-refractivity contribution < 1.29 is 18.3 Å². The van der Waals surface area contributed by atoms with E-state index >= 15 is 0 Å². The predicted octanol–water partition coefficient (Wildman–Crippen LogP) is 3.58. The third-order valence-electron chi connectivity index (χ3n) is 3.71. The van der Waals surface area contributed by atoms with Gasteiger partial charge in [-0.3, -0.25) is 4.79 Å². The first kappa shape index (κ1) is 16.9. The van der Waals surface area contributed by atoms with Crippen LogP contribution in [0.4, 0.5) is 8.78 Å². The molecule has 1 atom stereocenters. The van der Waals surface area contributed by atoms with Crippen LogP contribution < -0.4 is 10.1 Å². The number of aromatic amines is 1. The molecule has 2 N–H and O–H groups in total. The summed E-state index contributed by atoms with van der Waals surface area (Å²) in [5.41, 5.74) is 2.46. The fourth-order valence-corrected chi connectivity index (χ4v) is 2.51. The number of rotatable bonds is 6. The number of carbonyl (C=O) groups excluding carboxylic acids is 1. The highest BCUT2D eigenvalue weighted by Gasteiger charge is 2.14. The molecule has 0 saturated carbocycles. The molecule has 3 rings (SSSR count). The van der Waals surface area contributed by atoms with Crippen molar-refractivity contribution in [3.8, 4) is 5.75 Å². The molecule has 0 spiro atoms. The second-order valence-electron chi connectivity index (χ2n) is 5.63. The average Bonchev–Trinajstić information content (AvgIpc) is 3.00. The van der Waals surface area contributed by atoms with Crippen LogP contribution in [0, 0.1) is 0 Å². The van der Waals surface area contributed by atoms with Crippen molar-refractivity contribution in [2.24, 2.45) is 0 Å². The maximum atomic E-state index is 12.2. The smallest absolute Gasteiger partial charge is 0.387 e. The largest absolute Gasteiger partial charge is 0.435 e. The fourth-order valence-electron chi connectivity index (χ4n) is 2.51. The van der Waals surface area contributed by atoms with Crippen molar-refractivity contribution in [1.82, 2.24) is 15.3 Å². The van der Waals surface area contributed by atoms with Crippen LogP contribution in [0.3, 0.4) is 0 Å². The molecule has 5 nitrogen and oxygen atoms in total. The number of alkyl halides is 2. The lowest BCUT2D eigenvalue weighted by Crippen LogP contribution is -2.28. The van der Waals surface area contributed by atoms with Gasteiger partial charge in [-0.2, -0.15) is 8.78 Å². The maximum absolute atomic E-state index is 12.2. The molecule has 1 unspecified atom stereocenters. The number of para-hydroxylation sites is 2. The molecule has 0 aliphatic heterocycles. The summed E-state index contributed by atoms with van der Waals surface area (Å²) in [6.45, 7) is -1.02. The Kier molecular flexibility index (Phi) is 4.92. The molecule has 1 aromatic heterocycles. The summed E-state index contributed by atoms with van der Waals surface area (Å²) in [4.78, 5) is 19.8. The van der Waals surface area contributed by atoms with Crippen LogP contribution in [0.15, 0.2) is 48.5 Å². The van der Waals surface area contributed by atoms with Gasteiger partial charge in [-0.05, 0) is 36.8 Å². The molecule has 3 aromatic rings. The zero-order chi connectivity index (χ0) is 17.8. The van der Waals surface area contributed by atoms with E-state index in [0.717, 1.165) is 11.0 Å². The lowest BCUT2D eigenvalue weighted by atomic mass is 10.1. The number of carbonyl (C=O) groups is 1. The minimum atomic E-state index is -2.86. The minimum absolute atomic E-state index is 0.0646. The highest BCUT2D eigenvalue weighted by Crippen LogP contribution is 2.17. The van der Waals surface area contributed by atoms with Crippen molar-refractivity contribution in [3.63, 3.8) is 0 Å². The van der Waals surface area contributed by atoms with Gasteiger partial charge in [0.05, 0.1) is 23.5 Å². The van der Waals surface area contributed by atoms with Gasteiger partial charge in [-0.25, -0.2) is 4.98 Å². The van der Waals surface area contributed by atoms with E-state index in [9.17, 15) is 13.6 Å². The predicted molar refractivity (Wildman–Crippen MR) is 89.4 cm³/mol. The third kappa shape index (κ3) is 4.32. The summed E-state index contributed by atoms with van der Waals surface area (Å²) in [5.74, 6) is 0.556. The van der Waals surface area contributed by atoms with E-state index < -0.39 is 6.61 Å². The van der Waals surface area contributed by atoms with Crippen LogP contribution in [0.5, 0.6) is 5.75 Å². The van der Waals surface area contributed by atoms with Crippen LogP contribution in [0.2, 0.25) is 0 Å². The highest BCUT2D eigenvalue weighted by molar-refractivity contribution is 5.79. The number of H-pyrrole nitrogens is 1. The normalized spacial score (nSPS) is 12.3. The van der Waals surface area contributed by atoms with E-state index in [2.05, 4.69) is 20.0 Å². The zero-order valence-corrected chi connectivity index (χ0v) is 13.5. The van der Waals surface area contributed by atoms with Crippen LogP contribution in [0.1, 0.15) is 24.4 Å². The summed E-state index contributed by atoms with van der Waals surface area (Å²) >= 11 is 0. The first-order chi connectivity index (χ1) is 12.0. The second-order valence-corrected chi connectivity index (χ2v) is 5.63. The number of imidazole rings is 1. The molecule has 0 saturated heterocycles. The molecular weight excluding hydrogens is 328 g/mol. The number of fused-ring (bicyclic) bond motifs is 1. The van der Waals surface area contributed by atoms with Crippen molar-refractivity contribution in [3.05, 3.63) is 59.9 Å². The molecule has 0 radical (unpaired) electrons. The zero-order valence-electron chi connectivity index (χ0n) is 13.5. The standard InChI is InChI=1S/C18H17F2N3O2/c1-11(17-22-14-4-2-3-5-15(14)23-17)21-16(24)10-12-6-8-13(9-7-12)25-18(19)20/h2-9,11,18H,10H2,1H3,(H,21,24)(H,22,23). The van der Waals surface area contributed by atoms with E-state index in [1.807, 2.05) is 31.2 Å². The van der Waals surface area contributed by atoms with Gasteiger partial charge in [0.25, 0.3) is 0 Å². The Morgan fingerprint density at radius 2 is 1.92 bits per heavy atom. The molecule has 25 heavy (non-hydrogen) atoms. The molecule has 0 aliphatic carbocycles. The van der Waals surface area contributed by atoms with Crippen molar-refractivity contribution in [1.29, 1.82) is 0 Å². The molecule has 1 heterocycles. The van der Waals surface area contributed by atoms with Crippen LogP contribution >= 0.6 is 0 Å². The van der Waals surface area contributed by atoms with E-state index in [1.54, 1.807) is 12.1 Å². The molecule has 130 valence electrons. The molecule has 0 bridgehead atoms. The Morgan fingerprint density at radius 3 is 2.60 bits per heavy atom. The molecule has 0 fully saturated rings. The summed E-state index contributed by atoms with van der Waals surface area (Å²) in [5, 5.41) is 2.87. The van der Waals surface area contributed by atoms with Gasteiger partial charge in [-0.1, -0.05) is 24.3 Å². The van der Waals surface area contributed by atoms with Gasteiger partial charge in [0, 0.05) is 0 Å². The quantitative estimate of drug-likeness (QED) is 0.717. The van der Waals surface area contributed by atoms with Crippen molar-refractivity contribution in [2.75, 3.05) is 0 Å². The minimum Gasteiger partial charge on any atom is -0.435 e. The molecule has 1 amide bonds. The summed E-state index contributed by atoms with van der Waals surface area (Å²) in [6, 6.07) is 13.4.